The zero-order valence-corrected chi connectivity index (χ0v) is 17.8. The Morgan fingerprint density at radius 1 is 1.18 bits per heavy atom. The van der Waals surface area contributed by atoms with Crippen LogP contribution in [0.1, 0.15) is 32.8 Å². The van der Waals surface area contributed by atoms with Gasteiger partial charge in [-0.2, -0.15) is 8.42 Å². The number of benzene rings is 2. The Bertz CT molecular complexity index is 901. The largest absolute Gasteiger partial charge is 0.382 e. The van der Waals surface area contributed by atoms with Gasteiger partial charge in [0.25, 0.3) is 0 Å². The summed E-state index contributed by atoms with van der Waals surface area (Å²) in [5, 5.41) is 3.46. The molecule has 1 atom stereocenters. The van der Waals surface area contributed by atoms with Crippen LogP contribution >= 0.6 is 11.6 Å². The number of hydrogen-bond donors (Lipinski definition) is 1. The Balaban J connectivity index is 2.17. The number of rotatable bonds is 8. The standard InChI is InChI=1S/C20H25ClN2O4S/c1-4-15(3)23(20(24)22-18-11-9-17(21)10-12-18)14-16-7-6-8-19(13-16)27-28(25,26)5-2/h6-13,15H,4-5,14H2,1-3H3,(H,22,24)/t15-/m1/s1. The van der Waals surface area contributed by atoms with Gasteiger partial charge in [-0.1, -0.05) is 30.7 Å². The van der Waals surface area contributed by atoms with Crippen molar-refractivity contribution in [3.05, 3.63) is 59.1 Å². The minimum absolute atomic E-state index is 0.0174. The summed E-state index contributed by atoms with van der Waals surface area (Å²) in [6.07, 6.45) is 0.772. The molecule has 1 N–H and O–H groups in total. The molecule has 152 valence electrons. The molecule has 0 spiro atoms. The fraction of sp³-hybridized carbons (Fsp3) is 0.350. The number of anilines is 1. The van der Waals surface area contributed by atoms with Gasteiger partial charge in [0.15, 0.2) is 0 Å². The van der Waals surface area contributed by atoms with E-state index in [4.69, 9.17) is 15.8 Å². The topological polar surface area (TPSA) is 75.7 Å². The number of halogens is 1. The number of urea groups is 1. The lowest BCUT2D eigenvalue weighted by Crippen LogP contribution is -2.40. The molecule has 0 unspecified atom stereocenters. The molecule has 2 rings (SSSR count). The maximum Gasteiger partial charge on any atom is 0.322 e. The first-order valence-electron chi connectivity index (χ1n) is 9.08. The van der Waals surface area contributed by atoms with Crippen LogP contribution in [0, 0.1) is 0 Å². The second-order valence-corrected chi connectivity index (χ2v) is 8.70. The van der Waals surface area contributed by atoms with Crippen molar-refractivity contribution in [2.24, 2.45) is 0 Å². The summed E-state index contributed by atoms with van der Waals surface area (Å²) in [6.45, 7) is 5.80. The molecule has 0 saturated carbocycles. The number of carbonyl (C=O) groups is 1. The molecular formula is C20H25ClN2O4S. The number of amides is 2. The highest BCUT2D eigenvalue weighted by Gasteiger charge is 2.20. The van der Waals surface area contributed by atoms with Gasteiger partial charge in [-0.15, -0.1) is 0 Å². The molecule has 0 aliphatic rings. The van der Waals surface area contributed by atoms with Crippen molar-refractivity contribution in [2.75, 3.05) is 11.1 Å². The van der Waals surface area contributed by atoms with Crippen LogP contribution in [0.3, 0.4) is 0 Å². The van der Waals surface area contributed by atoms with Crippen molar-refractivity contribution >= 4 is 33.4 Å². The first-order chi connectivity index (χ1) is 13.2. The van der Waals surface area contributed by atoms with Crippen LogP contribution in [-0.2, 0) is 16.7 Å². The minimum Gasteiger partial charge on any atom is -0.382 e. The summed E-state index contributed by atoms with van der Waals surface area (Å²) >= 11 is 5.88. The zero-order valence-electron chi connectivity index (χ0n) is 16.2. The lowest BCUT2D eigenvalue weighted by Gasteiger charge is -2.29. The predicted octanol–water partition coefficient (Wildman–Crippen LogP) is 4.90. The van der Waals surface area contributed by atoms with E-state index in [9.17, 15) is 13.2 Å². The lowest BCUT2D eigenvalue weighted by atomic mass is 10.1. The maximum atomic E-state index is 12.8. The van der Waals surface area contributed by atoms with Crippen LogP contribution in [-0.4, -0.2) is 31.1 Å². The van der Waals surface area contributed by atoms with Crippen molar-refractivity contribution in [1.29, 1.82) is 0 Å². The molecule has 8 heteroatoms. The molecule has 2 aromatic carbocycles. The van der Waals surface area contributed by atoms with E-state index < -0.39 is 10.1 Å². The molecule has 6 nitrogen and oxygen atoms in total. The predicted molar refractivity (Wildman–Crippen MR) is 112 cm³/mol. The molecule has 0 heterocycles. The SMILES string of the molecule is CC[C@@H](C)N(Cc1cccc(OS(=O)(=O)CC)c1)C(=O)Nc1ccc(Cl)cc1. The molecule has 2 amide bonds. The van der Waals surface area contributed by atoms with E-state index in [0.29, 0.717) is 17.3 Å². The number of nitrogens with zero attached hydrogens (tertiary/aromatic N) is 1. The normalized spacial score (nSPS) is 12.3. The average molecular weight is 425 g/mol. The molecule has 0 fully saturated rings. The van der Waals surface area contributed by atoms with Gasteiger partial charge in [0.05, 0.1) is 5.75 Å². The minimum atomic E-state index is -3.60. The third-order valence-corrected chi connectivity index (χ3v) is 5.71. The highest BCUT2D eigenvalue weighted by Crippen LogP contribution is 2.20. The summed E-state index contributed by atoms with van der Waals surface area (Å²) in [5.74, 6) is 0.126. The lowest BCUT2D eigenvalue weighted by molar-refractivity contribution is 0.187. The van der Waals surface area contributed by atoms with Crippen LogP contribution in [0.25, 0.3) is 0 Å². The summed E-state index contributed by atoms with van der Waals surface area (Å²) in [6, 6.07) is 13.4. The number of hydrogen-bond acceptors (Lipinski definition) is 4. The van der Waals surface area contributed by atoms with Crippen LogP contribution in [0.4, 0.5) is 10.5 Å². The highest BCUT2D eigenvalue weighted by molar-refractivity contribution is 7.87. The molecule has 0 radical (unpaired) electrons. The molecule has 0 aliphatic heterocycles. The van der Waals surface area contributed by atoms with Crippen LogP contribution < -0.4 is 9.50 Å². The molecule has 28 heavy (non-hydrogen) atoms. The number of nitrogens with one attached hydrogen (secondary N) is 1. The summed E-state index contributed by atoms with van der Waals surface area (Å²) in [4.78, 5) is 14.5. The third kappa shape index (κ3) is 6.42. The smallest absolute Gasteiger partial charge is 0.322 e. The van der Waals surface area contributed by atoms with Gasteiger partial charge in [-0.25, -0.2) is 4.79 Å². The van der Waals surface area contributed by atoms with E-state index in [2.05, 4.69) is 5.32 Å². The average Bonchev–Trinajstić information content (AvgIpc) is 2.67. The van der Waals surface area contributed by atoms with E-state index in [1.165, 1.54) is 6.92 Å². The Kier molecular flexibility index (Phi) is 7.71. The van der Waals surface area contributed by atoms with Gasteiger partial charge in [0, 0.05) is 23.3 Å². The highest BCUT2D eigenvalue weighted by atomic mass is 35.5. The fourth-order valence-corrected chi connectivity index (χ4v) is 3.12. The van der Waals surface area contributed by atoms with Crippen LogP contribution in [0.5, 0.6) is 5.75 Å². The van der Waals surface area contributed by atoms with E-state index in [0.717, 1.165) is 12.0 Å². The Hall–Kier alpha value is -2.25. The second kappa shape index (κ2) is 9.80. The maximum absolute atomic E-state index is 12.8. The first kappa shape index (κ1) is 22.0. The molecule has 0 saturated heterocycles. The Labute approximate surface area is 171 Å². The molecule has 0 aromatic heterocycles. The Morgan fingerprint density at radius 3 is 2.46 bits per heavy atom. The Morgan fingerprint density at radius 2 is 1.86 bits per heavy atom. The zero-order chi connectivity index (χ0) is 20.7. The van der Waals surface area contributed by atoms with Gasteiger partial charge >= 0.3 is 16.1 Å². The van der Waals surface area contributed by atoms with Crippen molar-refractivity contribution < 1.29 is 17.4 Å². The third-order valence-electron chi connectivity index (χ3n) is 4.31. The van der Waals surface area contributed by atoms with Gasteiger partial charge in [-0.3, -0.25) is 0 Å². The van der Waals surface area contributed by atoms with Crippen molar-refractivity contribution in [3.63, 3.8) is 0 Å². The summed E-state index contributed by atoms with van der Waals surface area (Å²) < 4.78 is 28.4. The van der Waals surface area contributed by atoms with Gasteiger partial charge in [0.2, 0.25) is 0 Å². The van der Waals surface area contributed by atoms with E-state index in [1.54, 1.807) is 47.4 Å². The number of carbonyl (C=O) groups excluding carboxylic acids is 1. The quantitative estimate of drug-likeness (QED) is 0.611. The van der Waals surface area contributed by atoms with Gasteiger partial charge < -0.3 is 14.4 Å². The molecule has 0 aliphatic carbocycles. The van der Waals surface area contributed by atoms with Crippen molar-refractivity contribution in [2.45, 2.75) is 39.8 Å². The van der Waals surface area contributed by atoms with Crippen molar-refractivity contribution in [3.8, 4) is 5.75 Å². The first-order valence-corrected chi connectivity index (χ1v) is 11.0. The summed E-state index contributed by atoms with van der Waals surface area (Å²) in [5.41, 5.74) is 1.42. The van der Waals surface area contributed by atoms with Gasteiger partial charge in [0.1, 0.15) is 5.75 Å². The summed E-state index contributed by atoms with van der Waals surface area (Å²) in [7, 11) is -3.60. The van der Waals surface area contributed by atoms with Gasteiger partial charge in [-0.05, 0) is 62.2 Å². The molecule has 0 bridgehead atoms. The van der Waals surface area contributed by atoms with E-state index >= 15 is 0 Å². The monoisotopic (exact) mass is 424 g/mol. The molecule has 2 aromatic rings. The van der Waals surface area contributed by atoms with E-state index in [-0.39, 0.29) is 23.6 Å². The van der Waals surface area contributed by atoms with Crippen LogP contribution in [0.2, 0.25) is 5.02 Å². The fourth-order valence-electron chi connectivity index (χ4n) is 2.47. The van der Waals surface area contributed by atoms with Crippen molar-refractivity contribution in [1.82, 2.24) is 4.90 Å². The van der Waals surface area contributed by atoms with E-state index in [1.807, 2.05) is 19.9 Å². The molecular weight excluding hydrogens is 400 g/mol. The second-order valence-electron chi connectivity index (χ2n) is 6.40. The van der Waals surface area contributed by atoms with Crippen LogP contribution in [0.15, 0.2) is 48.5 Å².